The summed E-state index contributed by atoms with van der Waals surface area (Å²) in [5.74, 6) is 0.925. The number of hydrogen-bond donors (Lipinski definition) is 2. The van der Waals surface area contributed by atoms with Crippen LogP contribution in [0.4, 0.5) is 0 Å². The molecule has 2 aromatic rings. The molecule has 1 saturated carbocycles. The third-order valence-corrected chi connectivity index (χ3v) is 5.14. The van der Waals surface area contributed by atoms with Gasteiger partial charge < -0.3 is 15.6 Å². The Morgan fingerprint density at radius 3 is 2.70 bits per heavy atom. The van der Waals surface area contributed by atoms with Crippen molar-refractivity contribution >= 4 is 16.8 Å². The highest BCUT2D eigenvalue weighted by molar-refractivity contribution is 5.84. The van der Waals surface area contributed by atoms with Crippen molar-refractivity contribution in [3.8, 4) is 0 Å². The highest BCUT2D eigenvalue weighted by atomic mass is 16.1. The minimum absolute atomic E-state index is 0.164. The van der Waals surface area contributed by atoms with Crippen molar-refractivity contribution in [1.82, 2.24) is 9.88 Å². The number of carbonyl (C=O) groups excluding carboxylic acids is 1. The summed E-state index contributed by atoms with van der Waals surface area (Å²) in [5, 5.41) is 4.31. The lowest BCUT2D eigenvalue weighted by atomic mass is 9.78. The zero-order chi connectivity index (χ0) is 16.2. The quantitative estimate of drug-likeness (QED) is 0.891. The van der Waals surface area contributed by atoms with Crippen LogP contribution in [0, 0.1) is 5.92 Å². The Bertz CT molecular complexity index is 668. The van der Waals surface area contributed by atoms with Gasteiger partial charge in [0.05, 0.1) is 0 Å². The summed E-state index contributed by atoms with van der Waals surface area (Å²) in [7, 11) is 0. The number of aromatic nitrogens is 1. The predicted octanol–water partition coefficient (Wildman–Crippen LogP) is 3.01. The molecule has 3 N–H and O–H groups in total. The van der Waals surface area contributed by atoms with Gasteiger partial charge in [-0.05, 0) is 50.2 Å². The molecule has 23 heavy (non-hydrogen) atoms. The van der Waals surface area contributed by atoms with E-state index in [1.165, 1.54) is 16.5 Å². The minimum atomic E-state index is 0.164. The summed E-state index contributed by atoms with van der Waals surface area (Å²) in [6, 6.07) is 8.67. The van der Waals surface area contributed by atoms with Gasteiger partial charge in [-0.3, -0.25) is 4.79 Å². The molecule has 0 saturated heterocycles. The number of rotatable bonds is 5. The molecular formula is C19H27N3O. The van der Waals surface area contributed by atoms with Gasteiger partial charge in [-0.25, -0.2) is 0 Å². The maximum Gasteiger partial charge on any atom is 0.223 e. The SMILES string of the molecule is CCn1cc(C2CCC(C(=O)NCCN)CC2)c2ccccc21. The fraction of sp³-hybridized carbons (Fsp3) is 0.526. The zero-order valence-electron chi connectivity index (χ0n) is 13.9. The Kier molecular flexibility index (Phi) is 5.01. The van der Waals surface area contributed by atoms with E-state index in [1.54, 1.807) is 0 Å². The second kappa shape index (κ2) is 7.18. The van der Waals surface area contributed by atoms with Crippen molar-refractivity contribution in [2.24, 2.45) is 11.7 Å². The highest BCUT2D eigenvalue weighted by Gasteiger charge is 2.28. The molecule has 0 aliphatic heterocycles. The maximum absolute atomic E-state index is 12.1. The maximum atomic E-state index is 12.1. The van der Waals surface area contributed by atoms with Gasteiger partial charge in [-0.2, -0.15) is 0 Å². The van der Waals surface area contributed by atoms with Crippen molar-refractivity contribution in [2.45, 2.75) is 45.1 Å². The minimum Gasteiger partial charge on any atom is -0.355 e. The second-order valence-corrected chi connectivity index (χ2v) is 6.52. The van der Waals surface area contributed by atoms with Crippen LogP contribution in [0.2, 0.25) is 0 Å². The Morgan fingerprint density at radius 2 is 2.00 bits per heavy atom. The van der Waals surface area contributed by atoms with Gasteiger partial charge in [-0.15, -0.1) is 0 Å². The molecule has 1 aliphatic rings. The van der Waals surface area contributed by atoms with Crippen LogP contribution in [-0.2, 0) is 11.3 Å². The van der Waals surface area contributed by atoms with Crippen molar-refractivity contribution in [3.05, 3.63) is 36.0 Å². The van der Waals surface area contributed by atoms with Gasteiger partial charge in [0.15, 0.2) is 0 Å². The molecule has 4 nitrogen and oxygen atoms in total. The van der Waals surface area contributed by atoms with Crippen LogP contribution in [-0.4, -0.2) is 23.6 Å². The molecule has 3 rings (SSSR count). The molecule has 4 heteroatoms. The summed E-state index contributed by atoms with van der Waals surface area (Å²) < 4.78 is 2.34. The number of nitrogens with one attached hydrogen (secondary N) is 1. The van der Waals surface area contributed by atoms with E-state index in [1.807, 2.05) is 0 Å². The number of hydrogen-bond acceptors (Lipinski definition) is 2. The fourth-order valence-corrected chi connectivity index (χ4v) is 3.87. The van der Waals surface area contributed by atoms with Gasteiger partial charge >= 0.3 is 0 Å². The van der Waals surface area contributed by atoms with Crippen LogP contribution in [0.3, 0.4) is 0 Å². The molecule has 1 amide bonds. The van der Waals surface area contributed by atoms with E-state index in [0.717, 1.165) is 32.2 Å². The topological polar surface area (TPSA) is 60.0 Å². The van der Waals surface area contributed by atoms with E-state index < -0.39 is 0 Å². The van der Waals surface area contributed by atoms with Crippen LogP contribution < -0.4 is 11.1 Å². The van der Waals surface area contributed by atoms with E-state index in [9.17, 15) is 4.79 Å². The van der Waals surface area contributed by atoms with E-state index >= 15 is 0 Å². The number of amides is 1. The van der Waals surface area contributed by atoms with Crippen LogP contribution in [0.1, 0.15) is 44.1 Å². The summed E-state index contributed by atoms with van der Waals surface area (Å²) >= 11 is 0. The summed E-state index contributed by atoms with van der Waals surface area (Å²) in [4.78, 5) is 12.1. The first-order valence-corrected chi connectivity index (χ1v) is 8.80. The largest absolute Gasteiger partial charge is 0.355 e. The Balaban J connectivity index is 1.72. The first kappa shape index (κ1) is 16.1. The van der Waals surface area contributed by atoms with E-state index in [-0.39, 0.29) is 11.8 Å². The molecule has 1 aromatic heterocycles. The van der Waals surface area contributed by atoms with E-state index in [0.29, 0.717) is 19.0 Å². The summed E-state index contributed by atoms with van der Waals surface area (Å²) in [6.45, 7) is 4.28. The molecule has 0 atom stereocenters. The molecule has 1 heterocycles. The van der Waals surface area contributed by atoms with Crippen LogP contribution in [0.25, 0.3) is 10.9 Å². The van der Waals surface area contributed by atoms with Crippen molar-refractivity contribution in [3.63, 3.8) is 0 Å². The number of fused-ring (bicyclic) bond motifs is 1. The molecular weight excluding hydrogens is 286 g/mol. The lowest BCUT2D eigenvalue weighted by molar-refractivity contribution is -0.125. The van der Waals surface area contributed by atoms with Crippen molar-refractivity contribution in [1.29, 1.82) is 0 Å². The standard InChI is InChI=1S/C19H27N3O/c1-2-22-13-17(16-5-3-4-6-18(16)22)14-7-9-15(10-8-14)19(23)21-12-11-20/h3-6,13-15H,2,7-12,20H2,1H3,(H,21,23). The number of nitrogens with two attached hydrogens (primary N) is 1. The molecule has 0 radical (unpaired) electrons. The summed E-state index contributed by atoms with van der Waals surface area (Å²) in [5.41, 5.74) is 8.24. The Hall–Kier alpha value is -1.81. The molecule has 0 spiro atoms. The van der Waals surface area contributed by atoms with Gasteiger partial charge in [0.2, 0.25) is 5.91 Å². The average Bonchev–Trinajstić information content (AvgIpc) is 2.98. The fourth-order valence-electron chi connectivity index (χ4n) is 3.87. The van der Waals surface area contributed by atoms with Gasteiger partial charge in [-0.1, -0.05) is 18.2 Å². The normalized spacial score (nSPS) is 21.5. The predicted molar refractivity (Wildman–Crippen MR) is 94.4 cm³/mol. The number of carbonyl (C=O) groups is 1. The Labute approximate surface area is 138 Å². The van der Waals surface area contributed by atoms with E-state index in [2.05, 4.69) is 47.3 Å². The second-order valence-electron chi connectivity index (χ2n) is 6.52. The van der Waals surface area contributed by atoms with Crippen molar-refractivity contribution in [2.75, 3.05) is 13.1 Å². The molecule has 0 bridgehead atoms. The first-order valence-electron chi connectivity index (χ1n) is 8.80. The van der Waals surface area contributed by atoms with Crippen molar-refractivity contribution < 1.29 is 4.79 Å². The average molecular weight is 313 g/mol. The van der Waals surface area contributed by atoms with Gasteiger partial charge in [0, 0.05) is 42.7 Å². The number of benzene rings is 1. The number of para-hydroxylation sites is 1. The monoisotopic (exact) mass is 313 g/mol. The highest BCUT2D eigenvalue weighted by Crippen LogP contribution is 2.39. The van der Waals surface area contributed by atoms with E-state index in [4.69, 9.17) is 5.73 Å². The van der Waals surface area contributed by atoms with Crippen LogP contribution in [0.5, 0.6) is 0 Å². The molecule has 1 fully saturated rings. The van der Waals surface area contributed by atoms with Crippen LogP contribution >= 0.6 is 0 Å². The first-order chi connectivity index (χ1) is 11.2. The lowest BCUT2D eigenvalue weighted by Gasteiger charge is -2.27. The molecule has 1 aliphatic carbocycles. The van der Waals surface area contributed by atoms with Gasteiger partial charge in [0.25, 0.3) is 0 Å². The molecule has 1 aromatic carbocycles. The lowest BCUT2D eigenvalue weighted by Crippen LogP contribution is -2.35. The smallest absolute Gasteiger partial charge is 0.223 e. The third kappa shape index (κ3) is 3.27. The molecule has 124 valence electrons. The zero-order valence-corrected chi connectivity index (χ0v) is 13.9. The summed E-state index contributed by atoms with van der Waals surface area (Å²) in [6.07, 6.45) is 6.47. The number of nitrogens with zero attached hydrogens (tertiary/aromatic N) is 1. The van der Waals surface area contributed by atoms with Gasteiger partial charge in [0.1, 0.15) is 0 Å². The third-order valence-electron chi connectivity index (χ3n) is 5.14. The Morgan fingerprint density at radius 1 is 1.26 bits per heavy atom. The van der Waals surface area contributed by atoms with Crippen LogP contribution in [0.15, 0.2) is 30.5 Å². The number of aryl methyl sites for hydroxylation is 1. The molecule has 0 unspecified atom stereocenters.